The van der Waals surface area contributed by atoms with Crippen molar-refractivity contribution in [1.82, 2.24) is 0 Å². The van der Waals surface area contributed by atoms with Gasteiger partial charge in [-0.1, -0.05) is 18.2 Å². The van der Waals surface area contributed by atoms with Gasteiger partial charge in [-0.3, -0.25) is 9.59 Å². The van der Waals surface area contributed by atoms with Crippen LogP contribution in [-0.4, -0.2) is 56.8 Å². The zero-order valence-corrected chi connectivity index (χ0v) is 18.5. The van der Waals surface area contributed by atoms with Crippen LogP contribution >= 0.6 is 7.82 Å². The van der Waals surface area contributed by atoms with E-state index >= 15 is 0 Å². The number of ether oxygens (including phenoxy) is 2. The SMILES string of the molecule is COc1cc(/C=C/C(=O)CC(=O)/C=C/C2CC=C(O)C(OC)C2)ccc1O.O=P(O)(O)O. The molecule has 0 saturated carbocycles. The number of hydrogen-bond acceptors (Lipinski definition) is 7. The lowest BCUT2D eigenvalue weighted by Gasteiger charge is -2.23. The molecule has 1 aromatic rings. The van der Waals surface area contributed by atoms with Crippen LogP contribution in [0.1, 0.15) is 24.8 Å². The van der Waals surface area contributed by atoms with Crippen LogP contribution in [0.3, 0.4) is 0 Å². The fourth-order valence-corrected chi connectivity index (χ4v) is 2.79. The Bertz CT molecular complexity index is 920. The molecule has 5 N–H and O–H groups in total. The Labute approximate surface area is 185 Å². The molecule has 1 aliphatic rings. The van der Waals surface area contributed by atoms with Crippen LogP contribution in [-0.2, 0) is 18.9 Å². The number of rotatable bonds is 8. The van der Waals surface area contributed by atoms with Gasteiger partial charge in [0.25, 0.3) is 0 Å². The maximum Gasteiger partial charge on any atom is 0.466 e. The van der Waals surface area contributed by atoms with Gasteiger partial charge in [0.15, 0.2) is 23.1 Å². The number of phosphoric acid groups is 1. The normalized spacial score (nSPS) is 18.7. The summed E-state index contributed by atoms with van der Waals surface area (Å²) in [6, 6.07) is 4.71. The number of aliphatic hydroxyl groups excluding tert-OH is 1. The van der Waals surface area contributed by atoms with Crippen molar-refractivity contribution in [2.75, 3.05) is 14.2 Å². The number of benzene rings is 1. The highest BCUT2D eigenvalue weighted by Gasteiger charge is 2.22. The van der Waals surface area contributed by atoms with E-state index in [0.29, 0.717) is 24.2 Å². The topological polar surface area (TPSA) is 171 Å². The maximum atomic E-state index is 12.0. The van der Waals surface area contributed by atoms with Gasteiger partial charge in [-0.05, 0) is 54.7 Å². The molecule has 32 heavy (non-hydrogen) atoms. The van der Waals surface area contributed by atoms with Gasteiger partial charge in [0.1, 0.15) is 11.9 Å². The Hall–Kier alpha value is -2.75. The zero-order chi connectivity index (χ0) is 24.3. The Morgan fingerprint density at radius 1 is 1.12 bits per heavy atom. The number of aliphatic hydroxyl groups is 1. The molecule has 0 spiro atoms. The number of phenols is 1. The minimum Gasteiger partial charge on any atom is -0.510 e. The number of ketones is 2. The first kappa shape index (κ1) is 27.3. The van der Waals surface area contributed by atoms with Gasteiger partial charge in [0.2, 0.25) is 0 Å². The van der Waals surface area contributed by atoms with E-state index in [9.17, 15) is 19.8 Å². The van der Waals surface area contributed by atoms with Crippen LogP contribution in [0.25, 0.3) is 6.08 Å². The summed E-state index contributed by atoms with van der Waals surface area (Å²) in [4.78, 5) is 45.5. The van der Waals surface area contributed by atoms with E-state index in [1.807, 2.05) is 0 Å². The quantitative estimate of drug-likeness (QED) is 0.216. The standard InChI is InChI=1S/C21H24O6.H3O4P/c1-26-20-11-14(5-9-18(20)24)3-7-16(22)13-17(23)8-4-15-6-10-19(25)21(12-15)27-2;1-5(2,3)4/h3-5,7-11,15,21,24-25H,6,12-13H2,1-2H3;(H3,1,2,3,4)/b7-3+,8-4+;. The number of hydrogen-bond donors (Lipinski definition) is 5. The second kappa shape index (κ2) is 12.9. The molecule has 10 nitrogen and oxygen atoms in total. The summed E-state index contributed by atoms with van der Waals surface area (Å²) in [5.74, 6) is 0.0475. The average Bonchev–Trinajstić information content (AvgIpc) is 2.71. The van der Waals surface area contributed by atoms with E-state index in [1.165, 1.54) is 32.4 Å². The lowest BCUT2D eigenvalue weighted by molar-refractivity contribution is -0.121. The third-order valence-corrected chi connectivity index (χ3v) is 4.33. The third kappa shape index (κ3) is 11.0. The molecule has 1 aliphatic carbocycles. The molecular weight excluding hydrogens is 443 g/mol. The van der Waals surface area contributed by atoms with Crippen LogP contribution in [0.4, 0.5) is 0 Å². The molecule has 2 atom stereocenters. The number of methoxy groups -OCH3 is 2. The second-order valence-electron chi connectivity index (χ2n) is 6.83. The number of phenolic OH excluding ortho intramolecular Hbond substituents is 1. The van der Waals surface area contributed by atoms with E-state index < -0.39 is 7.82 Å². The fraction of sp³-hybridized carbons (Fsp3) is 0.333. The molecule has 11 heteroatoms. The number of carbonyl (C=O) groups excluding carboxylic acids is 2. The molecule has 0 saturated heterocycles. The van der Waals surface area contributed by atoms with Crippen molar-refractivity contribution in [3.8, 4) is 11.5 Å². The second-order valence-corrected chi connectivity index (χ2v) is 7.86. The number of carbonyl (C=O) groups is 2. The first-order chi connectivity index (χ1) is 14.9. The van der Waals surface area contributed by atoms with Gasteiger partial charge in [-0.25, -0.2) is 4.57 Å². The average molecular weight is 470 g/mol. The van der Waals surface area contributed by atoms with Crippen LogP contribution in [0.15, 0.2) is 48.3 Å². The summed E-state index contributed by atoms with van der Waals surface area (Å²) >= 11 is 0. The summed E-state index contributed by atoms with van der Waals surface area (Å²) in [6.45, 7) is 0. The third-order valence-electron chi connectivity index (χ3n) is 4.33. The van der Waals surface area contributed by atoms with Crippen molar-refractivity contribution in [3.05, 3.63) is 53.8 Å². The molecule has 0 amide bonds. The molecule has 0 aliphatic heterocycles. The predicted octanol–water partition coefficient (Wildman–Crippen LogP) is 2.44. The highest BCUT2D eigenvalue weighted by Crippen LogP contribution is 2.27. The molecule has 176 valence electrons. The molecule has 0 heterocycles. The van der Waals surface area contributed by atoms with E-state index in [-0.39, 0.29) is 41.5 Å². The fourth-order valence-electron chi connectivity index (χ4n) is 2.79. The first-order valence-electron chi connectivity index (χ1n) is 9.42. The molecule has 2 unspecified atom stereocenters. The molecule has 1 aromatic carbocycles. The first-order valence-corrected chi connectivity index (χ1v) is 11.0. The van der Waals surface area contributed by atoms with Gasteiger partial charge >= 0.3 is 7.82 Å². The van der Waals surface area contributed by atoms with Crippen LogP contribution in [0.5, 0.6) is 11.5 Å². The minimum atomic E-state index is -4.64. The monoisotopic (exact) mass is 470 g/mol. The van der Waals surface area contributed by atoms with Gasteiger partial charge in [0.05, 0.1) is 13.5 Å². The largest absolute Gasteiger partial charge is 0.510 e. The van der Waals surface area contributed by atoms with Crippen molar-refractivity contribution >= 4 is 25.5 Å². The summed E-state index contributed by atoms with van der Waals surface area (Å²) in [5, 5.41) is 19.2. The highest BCUT2D eigenvalue weighted by atomic mass is 31.2. The summed E-state index contributed by atoms with van der Waals surface area (Å²) in [6.07, 6.45) is 8.43. The van der Waals surface area contributed by atoms with Crippen molar-refractivity contribution in [1.29, 1.82) is 0 Å². The lowest BCUT2D eigenvalue weighted by atomic mass is 9.90. The van der Waals surface area contributed by atoms with E-state index in [4.69, 9.17) is 28.7 Å². The smallest absolute Gasteiger partial charge is 0.466 e. The highest BCUT2D eigenvalue weighted by molar-refractivity contribution is 7.45. The number of aromatic hydroxyl groups is 1. The molecule has 0 aromatic heterocycles. The molecule has 0 bridgehead atoms. The molecular formula is C21H27O10P. The van der Waals surface area contributed by atoms with Crippen LogP contribution in [0, 0.1) is 5.92 Å². The van der Waals surface area contributed by atoms with Gasteiger partial charge < -0.3 is 34.4 Å². The van der Waals surface area contributed by atoms with Crippen LogP contribution < -0.4 is 4.74 Å². The lowest BCUT2D eigenvalue weighted by Crippen LogP contribution is -2.21. The Kier molecular flexibility index (Phi) is 11.0. The van der Waals surface area contributed by atoms with Crippen LogP contribution in [0.2, 0.25) is 0 Å². The van der Waals surface area contributed by atoms with E-state index in [1.54, 1.807) is 30.4 Å². The predicted molar refractivity (Wildman–Crippen MR) is 116 cm³/mol. The van der Waals surface area contributed by atoms with Gasteiger partial charge in [-0.2, -0.15) is 0 Å². The van der Waals surface area contributed by atoms with Gasteiger partial charge in [0, 0.05) is 7.11 Å². The Morgan fingerprint density at radius 2 is 1.75 bits per heavy atom. The van der Waals surface area contributed by atoms with E-state index in [0.717, 1.165) is 0 Å². The molecule has 2 rings (SSSR count). The summed E-state index contributed by atoms with van der Waals surface area (Å²) in [7, 11) is -1.67. The van der Waals surface area contributed by atoms with Crippen molar-refractivity contribution in [2.45, 2.75) is 25.4 Å². The molecule has 0 fully saturated rings. The van der Waals surface area contributed by atoms with Crippen molar-refractivity contribution in [2.24, 2.45) is 5.92 Å². The summed E-state index contributed by atoms with van der Waals surface area (Å²) < 4.78 is 19.1. The molecule has 0 radical (unpaired) electrons. The Morgan fingerprint density at radius 3 is 2.34 bits per heavy atom. The minimum absolute atomic E-state index is 0.0166. The van der Waals surface area contributed by atoms with Gasteiger partial charge in [-0.15, -0.1) is 0 Å². The van der Waals surface area contributed by atoms with Crippen molar-refractivity contribution in [3.63, 3.8) is 0 Å². The maximum absolute atomic E-state index is 12.0. The Balaban J connectivity index is 0.000000920. The summed E-state index contributed by atoms with van der Waals surface area (Å²) in [5.41, 5.74) is 0.681. The number of allylic oxidation sites excluding steroid dienone is 4. The zero-order valence-electron chi connectivity index (χ0n) is 17.6. The van der Waals surface area contributed by atoms with E-state index in [2.05, 4.69) is 0 Å². The van der Waals surface area contributed by atoms with Crippen molar-refractivity contribution < 1.29 is 48.5 Å².